The van der Waals surface area contributed by atoms with E-state index in [0.29, 0.717) is 0 Å². The zero-order chi connectivity index (χ0) is 6.69. The summed E-state index contributed by atoms with van der Waals surface area (Å²) >= 11 is 4.89. The monoisotopic (exact) mass is 178 g/mol. The van der Waals surface area contributed by atoms with Gasteiger partial charge in [-0.2, -0.15) is 4.90 Å². The van der Waals surface area contributed by atoms with E-state index in [-0.39, 0.29) is 51.4 Å². The van der Waals surface area contributed by atoms with Gasteiger partial charge >= 0.3 is 51.4 Å². The Morgan fingerprint density at radius 3 is 2.50 bits per heavy atom. The summed E-state index contributed by atoms with van der Waals surface area (Å²) in [4.78, 5) is 0.814. The van der Waals surface area contributed by atoms with E-state index in [1.54, 1.807) is 7.11 Å². The number of hydrogen-bond acceptors (Lipinski definition) is 2. The summed E-state index contributed by atoms with van der Waals surface area (Å²) < 4.78 is 4.93. The molecule has 0 unspecified atom stereocenters. The summed E-state index contributed by atoms with van der Waals surface area (Å²) in [7, 11) is 1.63. The largest absolute Gasteiger partial charge is 1.00 e. The SMILES string of the molecule is COc1cccc([S-])c1.[K+]. The van der Waals surface area contributed by atoms with Crippen LogP contribution in [-0.2, 0) is 12.6 Å². The average molecular weight is 178 g/mol. The van der Waals surface area contributed by atoms with Gasteiger partial charge in [-0.3, -0.25) is 0 Å². The first-order valence-electron chi connectivity index (χ1n) is 2.64. The van der Waals surface area contributed by atoms with Crippen LogP contribution in [0.15, 0.2) is 29.2 Å². The molecule has 0 atom stereocenters. The number of hydrogen-bond donors (Lipinski definition) is 0. The van der Waals surface area contributed by atoms with Gasteiger partial charge in [0, 0.05) is 0 Å². The smallest absolute Gasteiger partial charge is 0.780 e. The van der Waals surface area contributed by atoms with Crippen molar-refractivity contribution in [3.63, 3.8) is 0 Å². The van der Waals surface area contributed by atoms with Crippen molar-refractivity contribution in [2.24, 2.45) is 0 Å². The molecule has 10 heavy (non-hydrogen) atoms. The van der Waals surface area contributed by atoms with Crippen LogP contribution in [0.5, 0.6) is 5.75 Å². The standard InChI is InChI=1S/C7H8OS.K/c1-8-6-3-2-4-7(9)5-6;/h2-5,9H,1H3;/q;+1/p-1. The molecule has 1 aromatic carbocycles. The average Bonchev–Trinajstić information content (AvgIpc) is 1.88. The molecule has 1 aromatic rings. The molecule has 0 aliphatic carbocycles. The normalized spacial score (nSPS) is 8.10. The molecule has 0 N–H and O–H groups in total. The van der Waals surface area contributed by atoms with Crippen molar-refractivity contribution in [1.29, 1.82) is 0 Å². The molecule has 0 saturated carbocycles. The molecule has 48 valence electrons. The number of rotatable bonds is 1. The summed E-state index contributed by atoms with van der Waals surface area (Å²) in [5.74, 6) is 0.822. The van der Waals surface area contributed by atoms with Crippen molar-refractivity contribution in [1.82, 2.24) is 0 Å². The first kappa shape index (κ1) is 10.9. The predicted octanol–water partition coefficient (Wildman–Crippen LogP) is -1.39. The zero-order valence-electron chi connectivity index (χ0n) is 6.13. The fraction of sp³-hybridized carbons (Fsp3) is 0.143. The van der Waals surface area contributed by atoms with E-state index in [0.717, 1.165) is 10.6 Å². The van der Waals surface area contributed by atoms with E-state index in [2.05, 4.69) is 0 Å². The molecule has 0 bridgehead atoms. The molecule has 0 aliphatic rings. The Morgan fingerprint density at radius 2 is 2.10 bits per heavy atom. The van der Waals surface area contributed by atoms with Crippen LogP contribution < -0.4 is 56.1 Å². The molecule has 0 aromatic heterocycles. The van der Waals surface area contributed by atoms with Crippen molar-refractivity contribution in [2.45, 2.75) is 4.90 Å². The van der Waals surface area contributed by atoms with Gasteiger partial charge in [0.1, 0.15) is 5.75 Å². The minimum Gasteiger partial charge on any atom is -0.780 e. The first-order valence-corrected chi connectivity index (χ1v) is 3.05. The van der Waals surface area contributed by atoms with Crippen LogP contribution in [0.1, 0.15) is 0 Å². The van der Waals surface area contributed by atoms with E-state index in [4.69, 9.17) is 17.4 Å². The van der Waals surface area contributed by atoms with Crippen molar-refractivity contribution >= 4 is 12.6 Å². The van der Waals surface area contributed by atoms with Gasteiger partial charge in [0.2, 0.25) is 0 Å². The van der Waals surface area contributed by atoms with Crippen LogP contribution >= 0.6 is 0 Å². The van der Waals surface area contributed by atoms with E-state index in [9.17, 15) is 0 Å². The third-order valence-corrected chi connectivity index (χ3v) is 1.30. The third-order valence-electron chi connectivity index (χ3n) is 1.04. The number of methoxy groups -OCH3 is 1. The molecule has 1 nitrogen and oxygen atoms in total. The Bertz CT molecular complexity index is 203. The molecule has 1 rings (SSSR count). The molecule has 0 spiro atoms. The van der Waals surface area contributed by atoms with E-state index >= 15 is 0 Å². The quantitative estimate of drug-likeness (QED) is 0.387. The number of ether oxygens (including phenoxy) is 1. The van der Waals surface area contributed by atoms with Crippen molar-refractivity contribution in [3.05, 3.63) is 24.3 Å². The second-order valence-corrected chi connectivity index (χ2v) is 2.15. The minimum atomic E-state index is 0. The molecule has 0 aliphatic heterocycles. The fourth-order valence-corrected chi connectivity index (χ4v) is 0.796. The Labute approximate surface area is 109 Å². The maximum atomic E-state index is 4.93. The maximum Gasteiger partial charge on any atom is 1.00 e. The van der Waals surface area contributed by atoms with E-state index < -0.39 is 0 Å². The molecule has 0 fully saturated rings. The Balaban J connectivity index is 0.000000810. The van der Waals surface area contributed by atoms with E-state index in [1.807, 2.05) is 24.3 Å². The summed E-state index contributed by atoms with van der Waals surface area (Å²) in [5.41, 5.74) is 0. The van der Waals surface area contributed by atoms with Gasteiger partial charge in [0.25, 0.3) is 0 Å². The molecule has 0 radical (unpaired) electrons. The van der Waals surface area contributed by atoms with Gasteiger partial charge in [-0.1, -0.05) is 12.1 Å². The van der Waals surface area contributed by atoms with Gasteiger partial charge in [-0.05, 0) is 12.1 Å². The Morgan fingerprint density at radius 1 is 1.40 bits per heavy atom. The molecular weight excluding hydrogens is 171 g/mol. The van der Waals surface area contributed by atoms with Gasteiger partial charge in [-0.15, -0.1) is 0 Å². The summed E-state index contributed by atoms with van der Waals surface area (Å²) in [6.45, 7) is 0. The molecule has 3 heteroatoms. The Hall–Kier alpha value is 0.876. The predicted molar refractivity (Wildman–Crippen MR) is 38.6 cm³/mol. The van der Waals surface area contributed by atoms with Gasteiger partial charge in [-0.25, -0.2) is 0 Å². The summed E-state index contributed by atoms with van der Waals surface area (Å²) in [5, 5.41) is 0. The third kappa shape index (κ3) is 3.32. The van der Waals surface area contributed by atoms with Crippen LogP contribution in [0.3, 0.4) is 0 Å². The molecule has 0 amide bonds. The topological polar surface area (TPSA) is 9.23 Å². The summed E-state index contributed by atoms with van der Waals surface area (Å²) in [6.07, 6.45) is 0. The van der Waals surface area contributed by atoms with Crippen LogP contribution in [0, 0.1) is 0 Å². The first-order chi connectivity index (χ1) is 4.33. The zero-order valence-corrected chi connectivity index (χ0v) is 10.1. The van der Waals surface area contributed by atoms with Gasteiger partial charge in [0.05, 0.1) is 7.11 Å². The Kier molecular flexibility index (Phi) is 6.00. The van der Waals surface area contributed by atoms with Gasteiger partial charge in [0.15, 0.2) is 0 Å². The van der Waals surface area contributed by atoms with Crippen LogP contribution in [0.25, 0.3) is 0 Å². The van der Waals surface area contributed by atoms with Crippen LogP contribution in [0.2, 0.25) is 0 Å². The molecule has 0 saturated heterocycles. The van der Waals surface area contributed by atoms with Crippen molar-refractivity contribution < 1.29 is 56.1 Å². The second kappa shape index (κ2) is 5.52. The molecular formula is C7H7KOS. The molecule has 0 heterocycles. The van der Waals surface area contributed by atoms with Gasteiger partial charge < -0.3 is 17.4 Å². The van der Waals surface area contributed by atoms with Crippen LogP contribution in [0.4, 0.5) is 0 Å². The second-order valence-electron chi connectivity index (χ2n) is 1.68. The van der Waals surface area contributed by atoms with Crippen molar-refractivity contribution in [3.8, 4) is 5.75 Å². The minimum absolute atomic E-state index is 0. The van der Waals surface area contributed by atoms with E-state index in [1.165, 1.54) is 0 Å². The fourth-order valence-electron chi connectivity index (χ4n) is 0.601. The van der Waals surface area contributed by atoms with Crippen LogP contribution in [-0.4, -0.2) is 7.11 Å². The maximum absolute atomic E-state index is 4.93. The summed E-state index contributed by atoms with van der Waals surface area (Å²) in [6, 6.07) is 7.42. The van der Waals surface area contributed by atoms with Crippen molar-refractivity contribution in [2.75, 3.05) is 7.11 Å². The number of benzene rings is 1.